The molecule has 0 radical (unpaired) electrons. The maximum atomic E-state index is 12.5. The lowest BCUT2D eigenvalue weighted by molar-refractivity contribution is -0.116. The number of aryl methyl sites for hydroxylation is 1. The number of hydrogen-bond acceptors (Lipinski definition) is 6. The van der Waals surface area contributed by atoms with Crippen LogP contribution in [0.2, 0.25) is 0 Å². The van der Waals surface area contributed by atoms with Crippen molar-refractivity contribution < 1.29 is 4.79 Å². The van der Waals surface area contributed by atoms with Gasteiger partial charge in [0.1, 0.15) is 12.4 Å². The van der Waals surface area contributed by atoms with Crippen molar-refractivity contribution in [1.82, 2.24) is 34.5 Å². The zero-order valence-corrected chi connectivity index (χ0v) is 14.5. The number of amides is 1. The molecule has 4 rings (SSSR count). The Kier molecular flexibility index (Phi) is 4.40. The Hall–Kier alpha value is -3.88. The van der Waals surface area contributed by atoms with Gasteiger partial charge in [-0.05, 0) is 25.1 Å². The molecule has 0 aliphatic rings. The molecule has 0 aliphatic heterocycles. The summed E-state index contributed by atoms with van der Waals surface area (Å²) in [6, 6.07) is 9.04. The predicted molar refractivity (Wildman–Crippen MR) is 98.0 cm³/mol. The van der Waals surface area contributed by atoms with Crippen LogP contribution in [0.25, 0.3) is 17.2 Å². The van der Waals surface area contributed by atoms with Crippen molar-refractivity contribution in [1.29, 1.82) is 0 Å². The lowest BCUT2D eigenvalue weighted by atomic mass is 10.3. The van der Waals surface area contributed by atoms with Crippen LogP contribution >= 0.6 is 0 Å². The standard InChI is InChI=1S/C18H16N8O/c1-13-9-16(26(24-13)15-5-2-3-6-19-15)23-17(27)12-25-11-14(10-22-25)18-20-7-4-8-21-18/h2-11H,12H2,1H3,(H,23,27). The third-order valence-corrected chi connectivity index (χ3v) is 3.73. The minimum atomic E-state index is -0.226. The second-order valence-corrected chi connectivity index (χ2v) is 5.82. The second kappa shape index (κ2) is 7.16. The molecule has 0 unspecified atom stereocenters. The van der Waals surface area contributed by atoms with Gasteiger partial charge >= 0.3 is 0 Å². The third-order valence-electron chi connectivity index (χ3n) is 3.73. The SMILES string of the molecule is Cc1cc(NC(=O)Cn2cc(-c3ncccn3)cn2)n(-c2ccccn2)n1. The average Bonchev–Trinajstić information content (AvgIpc) is 3.29. The molecule has 4 aromatic rings. The maximum Gasteiger partial charge on any atom is 0.247 e. The van der Waals surface area contributed by atoms with E-state index in [9.17, 15) is 4.79 Å². The zero-order chi connectivity index (χ0) is 18.6. The van der Waals surface area contributed by atoms with Gasteiger partial charge in [0.2, 0.25) is 5.91 Å². The molecule has 134 valence electrons. The largest absolute Gasteiger partial charge is 0.309 e. The van der Waals surface area contributed by atoms with E-state index in [2.05, 4.69) is 30.5 Å². The molecule has 0 fully saturated rings. The number of nitrogens with one attached hydrogen (secondary N) is 1. The maximum absolute atomic E-state index is 12.5. The molecule has 1 amide bonds. The molecule has 0 saturated heterocycles. The average molecular weight is 360 g/mol. The molecule has 9 heteroatoms. The number of rotatable bonds is 5. The van der Waals surface area contributed by atoms with Gasteiger partial charge < -0.3 is 5.32 Å². The summed E-state index contributed by atoms with van der Waals surface area (Å²) in [6.45, 7) is 1.91. The highest BCUT2D eigenvalue weighted by atomic mass is 16.2. The van der Waals surface area contributed by atoms with Crippen molar-refractivity contribution >= 4 is 11.7 Å². The van der Waals surface area contributed by atoms with Crippen LogP contribution in [-0.2, 0) is 11.3 Å². The van der Waals surface area contributed by atoms with Gasteiger partial charge in [0.25, 0.3) is 0 Å². The second-order valence-electron chi connectivity index (χ2n) is 5.82. The van der Waals surface area contributed by atoms with Crippen LogP contribution in [0.1, 0.15) is 5.69 Å². The van der Waals surface area contributed by atoms with E-state index in [1.54, 1.807) is 47.8 Å². The molecule has 4 heterocycles. The van der Waals surface area contributed by atoms with E-state index in [1.165, 1.54) is 4.68 Å². The van der Waals surface area contributed by atoms with Gasteiger partial charge in [-0.15, -0.1) is 0 Å². The minimum absolute atomic E-state index is 0.0548. The summed E-state index contributed by atoms with van der Waals surface area (Å²) in [7, 11) is 0. The molecule has 0 spiro atoms. The van der Waals surface area contributed by atoms with Gasteiger partial charge in [-0.1, -0.05) is 6.07 Å². The summed E-state index contributed by atoms with van der Waals surface area (Å²) in [5.74, 6) is 1.52. The molecule has 0 aromatic carbocycles. The van der Waals surface area contributed by atoms with E-state index >= 15 is 0 Å². The first-order valence-electron chi connectivity index (χ1n) is 8.27. The summed E-state index contributed by atoms with van der Waals surface area (Å²) in [5.41, 5.74) is 1.52. The summed E-state index contributed by atoms with van der Waals surface area (Å²) < 4.78 is 3.13. The van der Waals surface area contributed by atoms with Gasteiger partial charge in [0, 0.05) is 30.9 Å². The van der Waals surface area contributed by atoms with Gasteiger partial charge in [0.05, 0.1) is 17.5 Å². The number of pyridine rings is 1. The van der Waals surface area contributed by atoms with Gasteiger partial charge in [0.15, 0.2) is 11.6 Å². The Bertz CT molecular complexity index is 1060. The highest BCUT2D eigenvalue weighted by Crippen LogP contribution is 2.16. The molecular weight excluding hydrogens is 344 g/mol. The van der Waals surface area contributed by atoms with Crippen LogP contribution in [0.4, 0.5) is 5.82 Å². The van der Waals surface area contributed by atoms with Crippen LogP contribution in [0.5, 0.6) is 0 Å². The van der Waals surface area contributed by atoms with Crippen LogP contribution in [-0.4, -0.2) is 40.4 Å². The summed E-state index contributed by atoms with van der Waals surface area (Å²) in [5, 5.41) is 11.4. The minimum Gasteiger partial charge on any atom is -0.309 e. The Morgan fingerprint density at radius 1 is 1.11 bits per heavy atom. The van der Waals surface area contributed by atoms with E-state index in [4.69, 9.17) is 0 Å². The van der Waals surface area contributed by atoms with Crippen LogP contribution < -0.4 is 5.32 Å². The van der Waals surface area contributed by atoms with Gasteiger partial charge in [-0.25, -0.2) is 15.0 Å². The number of carbonyl (C=O) groups is 1. The first-order chi connectivity index (χ1) is 13.2. The Balaban J connectivity index is 1.49. The van der Waals surface area contributed by atoms with Crippen molar-refractivity contribution in [2.75, 3.05) is 5.32 Å². The Labute approximate surface area is 154 Å². The molecule has 0 bridgehead atoms. The van der Waals surface area contributed by atoms with Crippen molar-refractivity contribution in [3.8, 4) is 17.2 Å². The number of anilines is 1. The Morgan fingerprint density at radius 3 is 2.70 bits per heavy atom. The highest BCUT2D eigenvalue weighted by Gasteiger charge is 2.13. The van der Waals surface area contributed by atoms with E-state index in [0.29, 0.717) is 17.5 Å². The monoisotopic (exact) mass is 360 g/mol. The Morgan fingerprint density at radius 2 is 1.93 bits per heavy atom. The van der Waals surface area contributed by atoms with E-state index < -0.39 is 0 Å². The van der Waals surface area contributed by atoms with E-state index in [-0.39, 0.29) is 12.5 Å². The first kappa shape index (κ1) is 16.6. The molecule has 4 aromatic heterocycles. The summed E-state index contributed by atoms with van der Waals surface area (Å²) >= 11 is 0. The van der Waals surface area contributed by atoms with Crippen molar-refractivity contribution in [3.05, 3.63) is 67.0 Å². The smallest absolute Gasteiger partial charge is 0.247 e. The topological polar surface area (TPSA) is 103 Å². The number of carbonyl (C=O) groups excluding carboxylic acids is 1. The number of aromatic nitrogens is 7. The highest BCUT2D eigenvalue weighted by molar-refractivity contribution is 5.90. The normalized spacial score (nSPS) is 10.7. The first-order valence-corrected chi connectivity index (χ1v) is 8.27. The molecule has 0 saturated carbocycles. The lowest BCUT2D eigenvalue weighted by Crippen LogP contribution is -2.21. The zero-order valence-electron chi connectivity index (χ0n) is 14.5. The fourth-order valence-corrected chi connectivity index (χ4v) is 2.59. The van der Waals surface area contributed by atoms with Crippen molar-refractivity contribution in [2.45, 2.75) is 13.5 Å². The molecule has 27 heavy (non-hydrogen) atoms. The van der Waals surface area contributed by atoms with Crippen LogP contribution in [0, 0.1) is 6.92 Å². The fourth-order valence-electron chi connectivity index (χ4n) is 2.59. The molecular formula is C18H16N8O. The van der Waals surface area contributed by atoms with Crippen LogP contribution in [0.3, 0.4) is 0 Å². The predicted octanol–water partition coefficient (Wildman–Crippen LogP) is 1.87. The summed E-state index contributed by atoms with van der Waals surface area (Å²) in [6.07, 6.45) is 8.36. The van der Waals surface area contributed by atoms with Gasteiger partial charge in [-0.3, -0.25) is 9.48 Å². The molecule has 9 nitrogen and oxygen atoms in total. The fraction of sp³-hybridized carbons (Fsp3) is 0.111. The van der Waals surface area contributed by atoms with E-state index in [0.717, 1.165) is 11.3 Å². The number of hydrogen-bond donors (Lipinski definition) is 1. The molecule has 0 atom stereocenters. The number of nitrogens with zero attached hydrogens (tertiary/aromatic N) is 7. The van der Waals surface area contributed by atoms with Gasteiger partial charge in [-0.2, -0.15) is 14.9 Å². The van der Waals surface area contributed by atoms with Crippen molar-refractivity contribution in [2.24, 2.45) is 0 Å². The molecule has 0 aliphatic carbocycles. The summed E-state index contributed by atoms with van der Waals surface area (Å²) in [4.78, 5) is 25.1. The van der Waals surface area contributed by atoms with Crippen LogP contribution in [0.15, 0.2) is 61.3 Å². The third kappa shape index (κ3) is 3.71. The lowest BCUT2D eigenvalue weighted by Gasteiger charge is -2.08. The van der Waals surface area contributed by atoms with E-state index in [1.807, 2.05) is 25.1 Å². The van der Waals surface area contributed by atoms with Crippen molar-refractivity contribution in [3.63, 3.8) is 0 Å². The molecule has 1 N–H and O–H groups in total. The quantitative estimate of drug-likeness (QED) is 0.583.